The number of anilines is 2. The van der Waals surface area contributed by atoms with Crippen LogP contribution in [0.15, 0.2) is 53.3 Å². The van der Waals surface area contributed by atoms with Crippen molar-refractivity contribution in [1.82, 2.24) is 5.32 Å². The lowest BCUT2D eigenvalue weighted by Crippen LogP contribution is -2.39. The first kappa shape index (κ1) is 30.2. The number of phenolic OH excluding ortho intramolecular Hbond substituents is 1. The van der Waals surface area contributed by atoms with Crippen molar-refractivity contribution in [1.29, 1.82) is 0 Å². The van der Waals surface area contributed by atoms with E-state index in [0.29, 0.717) is 46.9 Å². The molecule has 222 valence electrons. The van der Waals surface area contributed by atoms with Gasteiger partial charge in [-0.05, 0) is 65.8 Å². The Bertz CT molecular complexity index is 1550. The van der Waals surface area contributed by atoms with Gasteiger partial charge in [-0.3, -0.25) is 14.4 Å². The monoisotopic (exact) mass is 575 g/mol. The Hall–Kier alpha value is -4.73. The molecule has 3 aromatic rings. The van der Waals surface area contributed by atoms with E-state index in [0.717, 1.165) is 11.1 Å². The van der Waals surface area contributed by atoms with Gasteiger partial charge in [-0.1, -0.05) is 26.0 Å². The van der Waals surface area contributed by atoms with Gasteiger partial charge in [0.05, 0.1) is 33.1 Å². The summed E-state index contributed by atoms with van der Waals surface area (Å²) >= 11 is 0. The number of rotatable bonds is 9. The molecular weight excluding hydrogens is 538 g/mol. The van der Waals surface area contributed by atoms with Gasteiger partial charge in [0.15, 0.2) is 11.5 Å². The van der Waals surface area contributed by atoms with Crippen LogP contribution < -0.4 is 35.6 Å². The molecule has 4 rings (SSSR count). The van der Waals surface area contributed by atoms with Crippen LogP contribution >= 0.6 is 0 Å². The highest BCUT2D eigenvalue weighted by Gasteiger charge is 2.30. The number of aryl methyl sites for hydroxylation is 1. The van der Waals surface area contributed by atoms with Crippen LogP contribution in [0.3, 0.4) is 0 Å². The SMILES string of the molecule is COc1cc2c(c(OC)c1OC)-c1ccc(NC(C(=O)Nc3cccc(O)c3)C(C)C)c(=O)cc1C(NC(C)=O)CC2. The fraction of sp³-hybridized carbons (Fsp3) is 0.344. The van der Waals surface area contributed by atoms with Crippen molar-refractivity contribution in [2.75, 3.05) is 32.0 Å². The molecule has 4 N–H and O–H groups in total. The Morgan fingerprint density at radius 3 is 2.33 bits per heavy atom. The fourth-order valence-electron chi connectivity index (χ4n) is 5.33. The van der Waals surface area contributed by atoms with Crippen molar-refractivity contribution in [2.24, 2.45) is 5.92 Å². The molecular formula is C32H37N3O7. The van der Waals surface area contributed by atoms with Crippen molar-refractivity contribution in [3.05, 3.63) is 69.9 Å². The number of carbonyl (C=O) groups is 2. The van der Waals surface area contributed by atoms with Crippen molar-refractivity contribution in [3.8, 4) is 34.1 Å². The number of nitrogens with one attached hydrogen (secondary N) is 3. The topological polar surface area (TPSA) is 135 Å². The predicted octanol–water partition coefficient (Wildman–Crippen LogP) is 4.64. The van der Waals surface area contributed by atoms with Gasteiger partial charge in [0.25, 0.3) is 0 Å². The molecule has 1 aliphatic carbocycles. The Balaban J connectivity index is 1.85. The maximum Gasteiger partial charge on any atom is 0.247 e. The van der Waals surface area contributed by atoms with Crippen molar-refractivity contribution < 1.29 is 28.9 Å². The maximum atomic E-state index is 13.7. The number of ether oxygens (including phenoxy) is 3. The van der Waals surface area contributed by atoms with Gasteiger partial charge >= 0.3 is 0 Å². The molecule has 42 heavy (non-hydrogen) atoms. The molecule has 0 bridgehead atoms. The number of fused-ring (bicyclic) bond motifs is 3. The first-order valence-electron chi connectivity index (χ1n) is 13.7. The van der Waals surface area contributed by atoms with Crippen LogP contribution in [0, 0.1) is 5.92 Å². The Morgan fingerprint density at radius 1 is 0.976 bits per heavy atom. The van der Waals surface area contributed by atoms with E-state index in [1.807, 2.05) is 19.9 Å². The third-order valence-electron chi connectivity index (χ3n) is 7.29. The zero-order valence-electron chi connectivity index (χ0n) is 24.7. The Kier molecular flexibility index (Phi) is 9.25. The van der Waals surface area contributed by atoms with Crippen LogP contribution in [0.1, 0.15) is 44.4 Å². The van der Waals surface area contributed by atoms with Gasteiger partial charge in [0, 0.05) is 24.2 Å². The average Bonchev–Trinajstić information content (AvgIpc) is 3.18. The Morgan fingerprint density at radius 2 is 1.71 bits per heavy atom. The maximum absolute atomic E-state index is 13.7. The summed E-state index contributed by atoms with van der Waals surface area (Å²) in [6, 6.07) is 11.9. The summed E-state index contributed by atoms with van der Waals surface area (Å²) < 4.78 is 17.1. The Labute approximate surface area is 245 Å². The van der Waals surface area contributed by atoms with Crippen molar-refractivity contribution in [3.63, 3.8) is 0 Å². The van der Waals surface area contributed by atoms with Gasteiger partial charge in [-0.25, -0.2) is 0 Å². The van der Waals surface area contributed by atoms with E-state index >= 15 is 0 Å². The molecule has 1 aliphatic rings. The van der Waals surface area contributed by atoms with Gasteiger partial charge in [-0.15, -0.1) is 0 Å². The summed E-state index contributed by atoms with van der Waals surface area (Å²) in [6.45, 7) is 5.18. The number of methoxy groups -OCH3 is 3. The molecule has 0 spiro atoms. The minimum atomic E-state index is -0.764. The molecule has 0 heterocycles. The molecule has 2 amide bonds. The number of benzene rings is 2. The summed E-state index contributed by atoms with van der Waals surface area (Å²) in [4.78, 5) is 39.2. The molecule has 0 aromatic heterocycles. The van der Waals surface area contributed by atoms with Crippen molar-refractivity contribution in [2.45, 2.75) is 45.7 Å². The highest BCUT2D eigenvalue weighted by molar-refractivity contribution is 5.97. The van der Waals surface area contributed by atoms with E-state index in [1.165, 1.54) is 32.2 Å². The van der Waals surface area contributed by atoms with Crippen molar-refractivity contribution >= 4 is 23.2 Å². The second-order valence-corrected chi connectivity index (χ2v) is 10.5. The summed E-state index contributed by atoms with van der Waals surface area (Å²) in [5.41, 5.74) is 3.28. The summed E-state index contributed by atoms with van der Waals surface area (Å²) in [7, 11) is 4.62. The first-order chi connectivity index (χ1) is 20.1. The number of aromatic hydroxyl groups is 1. The minimum Gasteiger partial charge on any atom is -0.508 e. The molecule has 2 atom stereocenters. The lowest BCUT2D eigenvalue weighted by molar-refractivity contribution is -0.120. The molecule has 0 saturated heterocycles. The summed E-state index contributed by atoms with van der Waals surface area (Å²) in [5.74, 6) is 0.641. The lowest BCUT2D eigenvalue weighted by Gasteiger charge is -2.22. The van der Waals surface area contributed by atoms with Crippen LogP contribution in [0.2, 0.25) is 0 Å². The number of hydrogen-bond donors (Lipinski definition) is 4. The third kappa shape index (κ3) is 6.27. The number of hydrogen-bond acceptors (Lipinski definition) is 8. The van der Waals surface area contributed by atoms with E-state index in [1.54, 1.807) is 38.5 Å². The highest BCUT2D eigenvalue weighted by Crippen LogP contribution is 2.50. The molecule has 0 aliphatic heterocycles. The summed E-state index contributed by atoms with van der Waals surface area (Å²) in [6.07, 6.45) is 1.12. The minimum absolute atomic E-state index is 0.0268. The van der Waals surface area contributed by atoms with Gasteiger partial charge in [0.1, 0.15) is 11.8 Å². The zero-order chi connectivity index (χ0) is 30.6. The average molecular weight is 576 g/mol. The molecule has 10 heteroatoms. The van der Waals surface area contributed by atoms with Crippen LogP contribution in [0.4, 0.5) is 11.4 Å². The molecule has 10 nitrogen and oxygen atoms in total. The highest BCUT2D eigenvalue weighted by atomic mass is 16.5. The van der Waals surface area contributed by atoms with E-state index in [9.17, 15) is 19.5 Å². The zero-order valence-corrected chi connectivity index (χ0v) is 24.7. The predicted molar refractivity (Wildman–Crippen MR) is 162 cm³/mol. The third-order valence-corrected chi connectivity index (χ3v) is 7.29. The number of amides is 2. The standard InChI is InChI=1S/C32H37N3O7/c1-17(2)29(32(39)34-20-8-7-9-21(37)15-20)35-25-13-11-22-23(16-26(25)38)24(33-18(3)36)12-10-19-14-27(40-4)30(41-5)31(42-6)28(19)22/h7-9,11,13-17,24,29,37H,10,12H2,1-6H3,(H,33,36)(H,34,39)(H,35,38). The fourth-order valence-corrected chi connectivity index (χ4v) is 5.33. The molecule has 2 unspecified atom stereocenters. The number of carbonyl (C=O) groups excluding carboxylic acids is 2. The second kappa shape index (κ2) is 12.8. The normalized spacial score (nSPS) is 14.5. The molecule has 0 radical (unpaired) electrons. The molecule has 0 fully saturated rings. The molecule has 0 saturated carbocycles. The van der Waals surface area contributed by atoms with Crippen LogP contribution in [0.5, 0.6) is 23.0 Å². The first-order valence-corrected chi connectivity index (χ1v) is 13.7. The number of phenols is 1. The van der Waals surface area contributed by atoms with E-state index in [4.69, 9.17) is 14.2 Å². The second-order valence-electron chi connectivity index (χ2n) is 10.5. The van der Waals surface area contributed by atoms with E-state index in [2.05, 4.69) is 16.0 Å². The molecule has 3 aromatic carbocycles. The largest absolute Gasteiger partial charge is 0.508 e. The van der Waals surface area contributed by atoms with E-state index < -0.39 is 12.1 Å². The summed E-state index contributed by atoms with van der Waals surface area (Å²) in [5, 5.41) is 18.7. The van der Waals surface area contributed by atoms with Gasteiger partial charge in [-0.2, -0.15) is 0 Å². The van der Waals surface area contributed by atoms with Gasteiger partial charge < -0.3 is 35.3 Å². The smallest absolute Gasteiger partial charge is 0.247 e. The van der Waals surface area contributed by atoms with Crippen LogP contribution in [0.25, 0.3) is 11.1 Å². The van der Waals surface area contributed by atoms with Crippen LogP contribution in [-0.4, -0.2) is 44.3 Å². The van der Waals surface area contributed by atoms with Crippen LogP contribution in [-0.2, 0) is 16.0 Å². The quantitative estimate of drug-likeness (QED) is 0.290. The van der Waals surface area contributed by atoms with E-state index in [-0.39, 0.29) is 34.6 Å². The van der Waals surface area contributed by atoms with Gasteiger partial charge in [0.2, 0.25) is 23.0 Å². The lowest BCUT2D eigenvalue weighted by atomic mass is 9.95.